The first-order chi connectivity index (χ1) is 9.78. The van der Waals surface area contributed by atoms with Crippen molar-refractivity contribution < 1.29 is 9.21 Å². The van der Waals surface area contributed by atoms with Gasteiger partial charge in [0, 0.05) is 17.5 Å². The number of oxazole rings is 1. The van der Waals surface area contributed by atoms with Gasteiger partial charge >= 0.3 is 0 Å². The van der Waals surface area contributed by atoms with Crippen LogP contribution in [0.15, 0.2) is 52.9 Å². The highest BCUT2D eigenvalue weighted by molar-refractivity contribution is 5.98. The predicted octanol–water partition coefficient (Wildman–Crippen LogP) is 4.48. The average molecular weight is 265 g/mol. The maximum absolute atomic E-state index is 11.9. The molecule has 3 aromatic rings. The highest BCUT2D eigenvalue weighted by atomic mass is 16.3. The summed E-state index contributed by atoms with van der Waals surface area (Å²) in [7, 11) is 0. The third kappa shape index (κ3) is 2.35. The zero-order valence-corrected chi connectivity index (χ0v) is 11.3. The molecule has 0 saturated carbocycles. The van der Waals surface area contributed by atoms with Crippen molar-refractivity contribution in [1.29, 1.82) is 0 Å². The molecule has 100 valence electrons. The van der Waals surface area contributed by atoms with Crippen molar-refractivity contribution >= 4 is 16.9 Å². The van der Waals surface area contributed by atoms with Crippen molar-refractivity contribution in [3.05, 3.63) is 54.1 Å². The summed E-state index contributed by atoms with van der Waals surface area (Å²) in [4.78, 5) is 16.4. The first kappa shape index (κ1) is 12.6. The number of ketones is 1. The van der Waals surface area contributed by atoms with Crippen LogP contribution in [-0.4, -0.2) is 10.8 Å². The number of benzene rings is 2. The second-order valence-electron chi connectivity index (χ2n) is 4.74. The maximum atomic E-state index is 11.9. The van der Waals surface area contributed by atoms with Gasteiger partial charge in [-0.2, -0.15) is 0 Å². The van der Waals surface area contributed by atoms with Crippen molar-refractivity contribution in [2.45, 2.75) is 19.8 Å². The SMILES string of the molecule is CCCC(=O)c1ccc2oc(-c3ccccc3)nc2c1. The Labute approximate surface area is 117 Å². The van der Waals surface area contributed by atoms with E-state index < -0.39 is 0 Å². The summed E-state index contributed by atoms with van der Waals surface area (Å²) < 4.78 is 5.73. The van der Waals surface area contributed by atoms with Crippen LogP contribution in [0.25, 0.3) is 22.6 Å². The van der Waals surface area contributed by atoms with E-state index in [1.165, 1.54) is 0 Å². The highest BCUT2D eigenvalue weighted by Gasteiger charge is 2.11. The quantitative estimate of drug-likeness (QED) is 0.653. The van der Waals surface area contributed by atoms with Gasteiger partial charge in [0.05, 0.1) is 0 Å². The minimum atomic E-state index is 0.152. The molecule has 0 spiro atoms. The third-order valence-corrected chi connectivity index (χ3v) is 3.21. The largest absolute Gasteiger partial charge is 0.436 e. The summed E-state index contributed by atoms with van der Waals surface area (Å²) in [5.41, 5.74) is 3.07. The molecule has 0 amide bonds. The summed E-state index contributed by atoms with van der Waals surface area (Å²) in [5.74, 6) is 0.736. The van der Waals surface area contributed by atoms with Crippen LogP contribution in [0.1, 0.15) is 30.1 Å². The van der Waals surface area contributed by atoms with Crippen molar-refractivity contribution in [1.82, 2.24) is 4.98 Å². The smallest absolute Gasteiger partial charge is 0.227 e. The van der Waals surface area contributed by atoms with Crippen molar-refractivity contribution in [2.24, 2.45) is 0 Å². The molecule has 0 saturated heterocycles. The third-order valence-electron chi connectivity index (χ3n) is 3.21. The molecule has 3 rings (SSSR count). The Bertz CT molecular complexity index is 744. The van der Waals surface area contributed by atoms with E-state index in [0.717, 1.165) is 17.5 Å². The molecule has 0 N–H and O–H groups in total. The van der Waals surface area contributed by atoms with E-state index in [2.05, 4.69) is 4.98 Å². The predicted molar refractivity (Wildman–Crippen MR) is 78.7 cm³/mol. The van der Waals surface area contributed by atoms with E-state index in [9.17, 15) is 4.79 Å². The van der Waals surface area contributed by atoms with Crippen LogP contribution < -0.4 is 0 Å². The van der Waals surface area contributed by atoms with E-state index in [1.807, 2.05) is 49.4 Å². The van der Waals surface area contributed by atoms with E-state index >= 15 is 0 Å². The molecule has 0 radical (unpaired) electrons. The molecule has 3 nitrogen and oxygen atoms in total. The van der Waals surface area contributed by atoms with Crippen molar-refractivity contribution in [2.75, 3.05) is 0 Å². The Morgan fingerprint density at radius 1 is 1.15 bits per heavy atom. The summed E-state index contributed by atoms with van der Waals surface area (Å²) in [6.45, 7) is 2.00. The van der Waals surface area contributed by atoms with Gasteiger partial charge in [0.1, 0.15) is 5.52 Å². The van der Waals surface area contributed by atoms with E-state index in [4.69, 9.17) is 4.42 Å². The van der Waals surface area contributed by atoms with Gasteiger partial charge < -0.3 is 4.42 Å². The standard InChI is InChI=1S/C17H15NO2/c1-2-6-15(19)13-9-10-16-14(11-13)18-17(20-16)12-7-4-3-5-8-12/h3-5,7-11H,2,6H2,1H3. The Morgan fingerprint density at radius 3 is 2.70 bits per heavy atom. The number of hydrogen-bond donors (Lipinski definition) is 0. The normalized spacial score (nSPS) is 10.8. The van der Waals surface area contributed by atoms with Crippen LogP contribution in [0.2, 0.25) is 0 Å². The molecule has 0 bridgehead atoms. The molecular formula is C17H15NO2. The number of rotatable bonds is 4. The van der Waals surface area contributed by atoms with Gasteiger partial charge in [-0.3, -0.25) is 4.79 Å². The van der Waals surface area contributed by atoms with E-state index in [-0.39, 0.29) is 5.78 Å². The molecule has 0 unspecified atom stereocenters. The van der Waals surface area contributed by atoms with Gasteiger partial charge in [0.2, 0.25) is 5.89 Å². The number of carbonyl (C=O) groups excluding carboxylic acids is 1. The minimum absolute atomic E-state index is 0.152. The number of Topliss-reactive ketones (excluding diaryl/α,β-unsaturated/α-hetero) is 1. The van der Waals surface area contributed by atoms with Crippen molar-refractivity contribution in [3.8, 4) is 11.5 Å². The van der Waals surface area contributed by atoms with Gasteiger partial charge in [0.15, 0.2) is 11.4 Å². The maximum Gasteiger partial charge on any atom is 0.227 e. The van der Waals surface area contributed by atoms with Crippen LogP contribution >= 0.6 is 0 Å². The summed E-state index contributed by atoms with van der Waals surface area (Å²) in [6, 6.07) is 15.2. The van der Waals surface area contributed by atoms with Gasteiger partial charge in [-0.25, -0.2) is 4.98 Å². The molecule has 0 aliphatic rings. The molecule has 0 fully saturated rings. The van der Waals surface area contributed by atoms with Gasteiger partial charge in [0.25, 0.3) is 0 Å². The van der Waals surface area contributed by atoms with E-state index in [0.29, 0.717) is 23.5 Å². The number of carbonyl (C=O) groups is 1. The fourth-order valence-corrected chi connectivity index (χ4v) is 2.18. The Kier molecular flexibility index (Phi) is 3.33. The number of hydrogen-bond acceptors (Lipinski definition) is 3. The topological polar surface area (TPSA) is 43.1 Å². The zero-order chi connectivity index (χ0) is 13.9. The summed E-state index contributed by atoms with van der Waals surface area (Å²) in [5, 5.41) is 0. The van der Waals surface area contributed by atoms with Crippen LogP contribution in [0.3, 0.4) is 0 Å². The first-order valence-corrected chi connectivity index (χ1v) is 6.77. The second-order valence-corrected chi connectivity index (χ2v) is 4.74. The molecule has 0 aliphatic heterocycles. The first-order valence-electron chi connectivity index (χ1n) is 6.77. The number of aromatic nitrogens is 1. The molecular weight excluding hydrogens is 250 g/mol. The monoisotopic (exact) mass is 265 g/mol. The van der Waals surface area contributed by atoms with Gasteiger partial charge in [-0.1, -0.05) is 25.1 Å². The lowest BCUT2D eigenvalue weighted by Gasteiger charge is -1.97. The number of nitrogens with zero attached hydrogens (tertiary/aromatic N) is 1. The van der Waals surface area contributed by atoms with Crippen LogP contribution in [0.4, 0.5) is 0 Å². The van der Waals surface area contributed by atoms with Crippen LogP contribution in [0.5, 0.6) is 0 Å². The Morgan fingerprint density at radius 2 is 1.95 bits per heavy atom. The lowest BCUT2D eigenvalue weighted by atomic mass is 10.1. The molecule has 20 heavy (non-hydrogen) atoms. The molecule has 0 atom stereocenters. The molecule has 0 aliphatic carbocycles. The lowest BCUT2D eigenvalue weighted by Crippen LogP contribution is -1.97. The van der Waals surface area contributed by atoms with Gasteiger partial charge in [-0.05, 0) is 36.8 Å². The lowest BCUT2D eigenvalue weighted by molar-refractivity contribution is 0.0982. The summed E-state index contributed by atoms with van der Waals surface area (Å²) >= 11 is 0. The Balaban J connectivity index is 2.02. The molecule has 1 aromatic heterocycles. The van der Waals surface area contributed by atoms with Gasteiger partial charge in [-0.15, -0.1) is 0 Å². The molecule has 2 aromatic carbocycles. The van der Waals surface area contributed by atoms with Crippen molar-refractivity contribution in [3.63, 3.8) is 0 Å². The fourth-order valence-electron chi connectivity index (χ4n) is 2.18. The summed E-state index contributed by atoms with van der Waals surface area (Å²) in [6.07, 6.45) is 1.42. The second kappa shape index (κ2) is 5.29. The molecule has 1 heterocycles. The zero-order valence-electron chi connectivity index (χ0n) is 11.3. The average Bonchev–Trinajstić information content (AvgIpc) is 2.91. The Hall–Kier alpha value is -2.42. The molecule has 3 heteroatoms. The fraction of sp³-hybridized carbons (Fsp3) is 0.176. The highest BCUT2D eigenvalue weighted by Crippen LogP contribution is 2.25. The van der Waals surface area contributed by atoms with Crippen LogP contribution in [0, 0.1) is 0 Å². The number of fused-ring (bicyclic) bond motifs is 1. The van der Waals surface area contributed by atoms with E-state index in [1.54, 1.807) is 6.07 Å². The van der Waals surface area contributed by atoms with Crippen LogP contribution in [-0.2, 0) is 0 Å². The minimum Gasteiger partial charge on any atom is -0.436 e.